The molecule has 0 radical (unpaired) electrons. The lowest BCUT2D eigenvalue weighted by atomic mass is 9.76. The van der Waals surface area contributed by atoms with E-state index in [0.717, 1.165) is 28.4 Å². The predicted octanol–water partition coefficient (Wildman–Crippen LogP) is -6.72. The van der Waals surface area contributed by atoms with Crippen molar-refractivity contribution in [2.75, 3.05) is 94.3 Å². The van der Waals surface area contributed by atoms with Crippen LogP contribution in [0, 0.1) is 23.7 Å². The standard InChI is InChI=1S/C65H99N5O36/c1-92-58(88)31-20-36(38(22-33(31)60(90)94-3)101-64-55(85)49(79)45(75)40(24-71)103-64)99-26-42-47(77)51(81)53(83)62(105-42)97-14-8-9-35(73)28-17-29(19-30(18-28)96-15-12-67-44(74)10-6-5-7-11-69-70-66)57(87)68-13-16-98-63-54(84)52(82)48(78)43(106-63)27-100-37-21-32(59(89)93-2)34(61(91)95-4)23-39(37)102-65-56(86)50(80)46(76)41(25-72)104-65/h17-19,31-34,36-43,45-56,62-65,71-72,75-86H,5-16,20-27H2,1-4H3,(H,67,74)(H,68,87)/t31?,32?,33-,34-,36-,37-,38?,39?,40?,41?,42?,43?,45+,46+,47+,48+,49-,50-,51-,52-,53?,54?,55?,56?,62-,63-,64-,65+/m0/s1. The summed E-state index contributed by atoms with van der Waals surface area (Å²) in [6, 6.07) is 3.87. The molecule has 4 heterocycles. The number of carbonyl (C=O) groups is 7. The van der Waals surface area contributed by atoms with Crippen molar-refractivity contribution in [2.45, 2.75) is 211 Å². The second kappa shape index (κ2) is 42.2. The Morgan fingerprint density at radius 3 is 1.30 bits per heavy atom. The van der Waals surface area contributed by atoms with Crippen molar-refractivity contribution in [3.8, 4) is 5.75 Å². The fourth-order valence-corrected chi connectivity index (χ4v) is 13.2. The summed E-state index contributed by atoms with van der Waals surface area (Å²) in [6.07, 6.45) is -39.9. The zero-order chi connectivity index (χ0) is 77.6. The summed E-state index contributed by atoms with van der Waals surface area (Å²) in [6.45, 7) is -3.82. The topological polar surface area (TPSA) is 614 Å². The summed E-state index contributed by atoms with van der Waals surface area (Å²) >= 11 is 0. The van der Waals surface area contributed by atoms with E-state index in [2.05, 4.69) is 20.7 Å². The molecule has 4 aliphatic heterocycles. The SMILES string of the molecule is COC(=O)C1C[C@H](OCC2O[C@H](OCCNC(=O)c3cc(OCCNC(=O)CCCCCN=[N+]=[N-])cc(C(=O)CCCO[C@H]4OC(CO[C@H]5CC(C(=O)OC)[C@@H](C(=O)OC)CC5O[C@H]5OC(CO)[C@@H](O)[C@H](O)C5O)[C@@H](O)[C@H](O)C4O)c3)C(O)[C@@H](O)[C@@H]2O)C(O[C@@H]2OC(CO)[C@@H](O)[C@H](O)C2O)C[C@@H]1C(=O)OC. The molecule has 0 bridgehead atoms. The van der Waals surface area contributed by atoms with Crippen molar-refractivity contribution < 1.29 is 176 Å². The highest BCUT2D eigenvalue weighted by molar-refractivity contribution is 6.01. The van der Waals surface area contributed by atoms with E-state index in [0.29, 0.717) is 19.3 Å². The van der Waals surface area contributed by atoms with Crippen molar-refractivity contribution in [1.82, 2.24) is 10.6 Å². The van der Waals surface area contributed by atoms with Gasteiger partial charge in [-0.2, -0.15) is 0 Å². The summed E-state index contributed by atoms with van der Waals surface area (Å²) in [5.41, 5.74) is 8.32. The highest BCUT2D eigenvalue weighted by Crippen LogP contribution is 2.41. The van der Waals surface area contributed by atoms with Crippen LogP contribution in [0.4, 0.5) is 0 Å². The van der Waals surface area contributed by atoms with Gasteiger partial charge in [-0.3, -0.25) is 33.6 Å². The van der Waals surface area contributed by atoms with Gasteiger partial charge in [0.15, 0.2) is 30.9 Å². The second-order valence-corrected chi connectivity index (χ2v) is 26.2. The maximum Gasteiger partial charge on any atom is 0.309 e. The number of ketones is 1. The smallest absolute Gasteiger partial charge is 0.309 e. The zero-order valence-corrected chi connectivity index (χ0v) is 58.6. The number of nitrogens with zero attached hydrogens (tertiary/aromatic N) is 3. The lowest BCUT2D eigenvalue weighted by Gasteiger charge is -2.45. The van der Waals surface area contributed by atoms with Crippen LogP contribution in [-0.2, 0) is 90.3 Å². The van der Waals surface area contributed by atoms with Gasteiger partial charge in [0.05, 0.1) is 123 Å². The number of ether oxygens (including phenoxy) is 15. The quantitative estimate of drug-likeness (QED) is 0.00560. The third kappa shape index (κ3) is 22.8. The molecule has 0 spiro atoms. The lowest BCUT2D eigenvalue weighted by Crippen LogP contribution is -2.61. The number of carbonyl (C=O) groups excluding carboxylic acids is 7. The highest BCUT2D eigenvalue weighted by Gasteiger charge is 2.54. The molecule has 106 heavy (non-hydrogen) atoms. The summed E-state index contributed by atoms with van der Waals surface area (Å²) in [5.74, 6) is -9.88. The summed E-state index contributed by atoms with van der Waals surface area (Å²) in [5, 5.41) is 158. The number of unbranched alkanes of at least 4 members (excludes halogenated alkanes) is 2. The Morgan fingerprint density at radius 2 is 0.858 bits per heavy atom. The first-order valence-electron chi connectivity index (χ1n) is 34.6. The number of hydrogen-bond acceptors (Lipinski definition) is 37. The van der Waals surface area contributed by atoms with Gasteiger partial charge in [-0.15, -0.1) is 0 Å². The van der Waals surface area contributed by atoms with Crippen molar-refractivity contribution >= 4 is 41.5 Å². The monoisotopic (exact) mass is 1530 g/mol. The van der Waals surface area contributed by atoms with E-state index in [-0.39, 0.29) is 101 Å². The van der Waals surface area contributed by atoms with Crippen LogP contribution in [0.5, 0.6) is 5.75 Å². The Morgan fingerprint density at radius 1 is 0.453 bits per heavy atom. The highest BCUT2D eigenvalue weighted by atomic mass is 16.7. The van der Waals surface area contributed by atoms with E-state index in [1.165, 1.54) is 18.2 Å². The Kier molecular flexibility index (Phi) is 34.6. The van der Waals surface area contributed by atoms with Gasteiger partial charge in [0.25, 0.3) is 5.91 Å². The number of nitrogens with one attached hydrogen (secondary N) is 2. The molecule has 41 heteroatoms. The molecular weight excluding hydrogens is 1430 g/mol. The molecule has 28 atom stereocenters. The van der Waals surface area contributed by atoms with Crippen LogP contribution in [-0.4, -0.2) is 355 Å². The van der Waals surface area contributed by atoms with Crippen LogP contribution in [0.2, 0.25) is 0 Å². The molecule has 1 aromatic rings. The molecule has 12 unspecified atom stereocenters. The van der Waals surface area contributed by atoms with E-state index in [9.17, 15) is 105 Å². The molecule has 0 aromatic heterocycles. The van der Waals surface area contributed by atoms with Gasteiger partial charge in [0.1, 0.15) is 110 Å². The third-order valence-corrected chi connectivity index (χ3v) is 19.3. The molecule has 600 valence electrons. The van der Waals surface area contributed by atoms with Gasteiger partial charge in [-0.05, 0) is 68.7 Å². The van der Waals surface area contributed by atoms with Crippen LogP contribution in [0.25, 0.3) is 10.4 Å². The summed E-state index contributed by atoms with van der Waals surface area (Å²) in [4.78, 5) is 95.3. The number of rotatable bonds is 37. The number of Topliss-reactive ketones (excluding diaryl/α,β-unsaturated/α-hetero) is 1. The average molecular weight is 1530 g/mol. The average Bonchev–Trinajstić information content (AvgIpc) is 0.795. The molecule has 6 fully saturated rings. The summed E-state index contributed by atoms with van der Waals surface area (Å²) < 4.78 is 84.3. The van der Waals surface area contributed by atoms with Crippen molar-refractivity contribution in [2.24, 2.45) is 28.8 Å². The van der Waals surface area contributed by atoms with E-state index < -0.39 is 240 Å². The Balaban J connectivity index is 0.978. The lowest BCUT2D eigenvalue weighted by molar-refractivity contribution is -0.327. The van der Waals surface area contributed by atoms with Gasteiger partial charge in [-0.25, -0.2) is 0 Å². The number of amides is 2. The van der Waals surface area contributed by atoms with Gasteiger partial charge < -0.3 is 153 Å². The predicted molar refractivity (Wildman–Crippen MR) is 346 cm³/mol. The number of hydrogen-bond donors (Lipinski definition) is 16. The van der Waals surface area contributed by atoms with E-state index in [1.807, 2.05) is 0 Å². The molecule has 16 N–H and O–H groups in total. The Hall–Kier alpha value is -6.14. The minimum absolute atomic E-state index is 0.00283. The number of methoxy groups -OCH3 is 4. The zero-order valence-electron chi connectivity index (χ0n) is 58.6. The van der Waals surface area contributed by atoms with Crippen molar-refractivity contribution in [3.63, 3.8) is 0 Å². The fraction of sp³-hybridized carbons (Fsp3) is 0.800. The number of benzene rings is 1. The van der Waals surface area contributed by atoms with Crippen LogP contribution in [0.3, 0.4) is 0 Å². The molecular formula is C65H99N5O36. The molecule has 4 saturated heterocycles. The molecule has 1 aromatic carbocycles. The molecule has 2 amide bonds. The first kappa shape index (κ1) is 87.1. The van der Waals surface area contributed by atoms with E-state index in [1.54, 1.807) is 0 Å². The fourth-order valence-electron chi connectivity index (χ4n) is 13.2. The Bertz CT molecular complexity index is 2880. The normalized spacial score (nSPS) is 36.1. The first-order valence-corrected chi connectivity index (χ1v) is 34.6. The molecule has 2 aliphatic carbocycles. The van der Waals surface area contributed by atoms with E-state index >= 15 is 0 Å². The van der Waals surface area contributed by atoms with Gasteiger partial charge >= 0.3 is 23.9 Å². The second-order valence-electron chi connectivity index (χ2n) is 26.2. The van der Waals surface area contributed by atoms with Crippen LogP contribution in [0.1, 0.15) is 84.9 Å². The summed E-state index contributed by atoms with van der Waals surface area (Å²) in [7, 11) is 4.32. The van der Waals surface area contributed by atoms with Gasteiger partial charge in [-0.1, -0.05) is 11.5 Å². The van der Waals surface area contributed by atoms with Crippen LogP contribution < -0.4 is 15.4 Å². The maximum atomic E-state index is 14.0. The van der Waals surface area contributed by atoms with Crippen molar-refractivity contribution in [3.05, 3.63) is 39.8 Å². The molecule has 7 rings (SSSR count). The molecule has 6 aliphatic rings. The molecule has 41 nitrogen and oxygen atoms in total. The third-order valence-electron chi connectivity index (χ3n) is 19.3. The largest absolute Gasteiger partial charge is 0.492 e. The van der Waals surface area contributed by atoms with Crippen molar-refractivity contribution in [1.29, 1.82) is 0 Å². The van der Waals surface area contributed by atoms with E-state index in [4.69, 9.17) is 76.6 Å². The Labute approximate surface area is 606 Å². The minimum atomic E-state index is -1.94. The maximum absolute atomic E-state index is 14.0. The van der Waals surface area contributed by atoms with Gasteiger partial charge in [0, 0.05) is 42.0 Å². The van der Waals surface area contributed by atoms with Gasteiger partial charge in [0.2, 0.25) is 5.91 Å². The minimum Gasteiger partial charge on any atom is -0.492 e. The molecule has 2 saturated carbocycles. The van der Waals surface area contributed by atoms with Crippen LogP contribution >= 0.6 is 0 Å². The van der Waals surface area contributed by atoms with Crippen LogP contribution in [0.15, 0.2) is 23.3 Å². The number of esters is 4. The number of aliphatic hydroxyl groups excluding tert-OH is 14. The first-order chi connectivity index (χ1) is 50.6. The number of aliphatic hydroxyl groups is 14. The number of azide groups is 1.